The molecule has 0 fully saturated rings. The molecule has 3 N–H and O–H groups in total. The third kappa shape index (κ3) is 5.96. The van der Waals surface area contributed by atoms with Crippen molar-refractivity contribution < 1.29 is 24.5 Å². The minimum Gasteiger partial charge on any atom is -0.506 e. The van der Waals surface area contributed by atoms with E-state index in [0.29, 0.717) is 19.0 Å². The van der Waals surface area contributed by atoms with E-state index in [9.17, 15) is 19.8 Å². The molecule has 0 bridgehead atoms. The third-order valence-corrected chi connectivity index (χ3v) is 5.91. The van der Waals surface area contributed by atoms with E-state index < -0.39 is 23.7 Å². The van der Waals surface area contributed by atoms with E-state index in [1.807, 2.05) is 0 Å². The summed E-state index contributed by atoms with van der Waals surface area (Å²) in [6, 6.07) is 0.340. The molecule has 1 unspecified atom stereocenters. The summed E-state index contributed by atoms with van der Waals surface area (Å²) in [6.45, 7) is 5.03. The fourth-order valence-electron chi connectivity index (χ4n) is 1.66. The van der Waals surface area contributed by atoms with Crippen molar-refractivity contribution in [2.24, 2.45) is 0 Å². The summed E-state index contributed by atoms with van der Waals surface area (Å²) in [7, 11) is 0. The molecule has 1 aromatic rings. The van der Waals surface area contributed by atoms with Crippen LogP contribution in [0.15, 0.2) is 19.5 Å². The lowest BCUT2D eigenvalue weighted by molar-refractivity contribution is -0.139. The van der Waals surface area contributed by atoms with Gasteiger partial charge in [-0.3, -0.25) is 0 Å². The molecule has 6 nitrogen and oxygen atoms in total. The Morgan fingerprint density at radius 1 is 1.26 bits per heavy atom. The fourth-order valence-corrected chi connectivity index (χ4v) is 3.17. The lowest BCUT2D eigenvalue weighted by Crippen LogP contribution is -2.44. The standard InChI is InChI=1S/C14H16Br3NO5/c1-14(2,3)23-13(22)18-8(12(20)21)5-6-4-7(15)9(16)10(17)11(6)19/h4,8,19H,5H2,1-3H3,(H,18,22)(H,20,21). The van der Waals surface area contributed by atoms with Crippen molar-refractivity contribution in [1.82, 2.24) is 5.32 Å². The number of phenolic OH excluding ortho intramolecular Hbond substituents is 1. The summed E-state index contributed by atoms with van der Waals surface area (Å²) >= 11 is 9.79. The summed E-state index contributed by atoms with van der Waals surface area (Å²) in [5, 5.41) is 21.7. The molecule has 0 aliphatic carbocycles. The molecule has 0 radical (unpaired) electrons. The van der Waals surface area contributed by atoms with Crippen molar-refractivity contribution in [3.05, 3.63) is 25.0 Å². The van der Waals surface area contributed by atoms with Gasteiger partial charge < -0.3 is 20.3 Å². The van der Waals surface area contributed by atoms with Crippen molar-refractivity contribution in [3.63, 3.8) is 0 Å². The summed E-state index contributed by atoms with van der Waals surface area (Å²) in [5.74, 6) is -1.33. The molecule has 23 heavy (non-hydrogen) atoms. The summed E-state index contributed by atoms with van der Waals surface area (Å²) in [5.41, 5.74) is -0.380. The second-order valence-corrected chi connectivity index (χ2v) is 8.18. The van der Waals surface area contributed by atoms with Crippen LogP contribution < -0.4 is 5.32 Å². The monoisotopic (exact) mass is 515 g/mol. The van der Waals surface area contributed by atoms with Gasteiger partial charge in [0.2, 0.25) is 0 Å². The first-order valence-corrected chi connectivity index (χ1v) is 8.88. The van der Waals surface area contributed by atoms with Gasteiger partial charge in [0, 0.05) is 15.4 Å². The van der Waals surface area contributed by atoms with Gasteiger partial charge in [-0.1, -0.05) is 0 Å². The van der Waals surface area contributed by atoms with Gasteiger partial charge >= 0.3 is 12.1 Å². The number of hydrogen-bond donors (Lipinski definition) is 3. The zero-order valence-electron chi connectivity index (χ0n) is 12.6. The van der Waals surface area contributed by atoms with Crippen LogP contribution in [0.25, 0.3) is 0 Å². The molecule has 0 aliphatic heterocycles. The Bertz CT molecular complexity index is 628. The van der Waals surface area contributed by atoms with Crippen LogP contribution in [0, 0.1) is 0 Å². The number of aliphatic carboxylic acids is 1. The first-order valence-electron chi connectivity index (χ1n) is 6.50. The van der Waals surface area contributed by atoms with E-state index in [2.05, 4.69) is 53.1 Å². The van der Waals surface area contributed by atoms with Gasteiger partial charge in [-0.15, -0.1) is 0 Å². The average molecular weight is 518 g/mol. The quantitative estimate of drug-likeness (QED) is 0.520. The highest BCUT2D eigenvalue weighted by molar-refractivity contribution is 9.14. The number of carboxylic acid groups (broad SMARTS) is 1. The lowest BCUT2D eigenvalue weighted by Gasteiger charge is -2.22. The summed E-state index contributed by atoms with van der Waals surface area (Å²) < 4.78 is 6.68. The number of ether oxygens (including phenoxy) is 1. The van der Waals surface area contributed by atoms with Crippen LogP contribution >= 0.6 is 47.8 Å². The number of carboxylic acids is 1. The number of hydrogen-bond acceptors (Lipinski definition) is 4. The van der Waals surface area contributed by atoms with Gasteiger partial charge in [0.05, 0.1) is 4.47 Å². The number of halogens is 3. The molecule has 0 saturated carbocycles. The largest absolute Gasteiger partial charge is 0.506 e. The molecule has 1 atom stereocenters. The molecule has 0 spiro atoms. The van der Waals surface area contributed by atoms with E-state index in [1.165, 1.54) is 0 Å². The van der Waals surface area contributed by atoms with E-state index >= 15 is 0 Å². The maximum Gasteiger partial charge on any atom is 0.408 e. The third-order valence-electron chi connectivity index (χ3n) is 2.63. The Morgan fingerprint density at radius 2 is 1.83 bits per heavy atom. The van der Waals surface area contributed by atoms with Crippen molar-refractivity contribution in [2.45, 2.75) is 38.8 Å². The smallest absolute Gasteiger partial charge is 0.408 e. The maximum atomic E-state index is 11.8. The fraction of sp³-hybridized carbons (Fsp3) is 0.429. The van der Waals surface area contributed by atoms with Crippen molar-refractivity contribution in [1.29, 1.82) is 0 Å². The van der Waals surface area contributed by atoms with Gasteiger partial charge in [0.15, 0.2) is 0 Å². The SMILES string of the molecule is CC(C)(C)OC(=O)NC(Cc1cc(Br)c(Br)c(Br)c1O)C(=O)O. The van der Waals surface area contributed by atoms with Gasteiger partial charge in [-0.25, -0.2) is 9.59 Å². The van der Waals surface area contributed by atoms with Crippen molar-refractivity contribution in [3.8, 4) is 5.75 Å². The molecule has 128 valence electrons. The number of alkyl carbamates (subject to hydrolysis) is 1. The zero-order valence-corrected chi connectivity index (χ0v) is 17.4. The van der Waals surface area contributed by atoms with E-state index in [1.54, 1.807) is 26.8 Å². The van der Waals surface area contributed by atoms with Crippen LogP contribution in [0.4, 0.5) is 4.79 Å². The van der Waals surface area contributed by atoms with Crippen LogP contribution in [0.5, 0.6) is 5.75 Å². The van der Waals surface area contributed by atoms with Gasteiger partial charge in [0.1, 0.15) is 17.4 Å². The number of rotatable bonds is 4. The molecule has 9 heteroatoms. The second kappa shape index (κ2) is 7.85. The Morgan fingerprint density at radius 3 is 2.30 bits per heavy atom. The topological polar surface area (TPSA) is 95.9 Å². The van der Waals surface area contributed by atoms with Gasteiger partial charge in [-0.05, 0) is 80.2 Å². The Balaban J connectivity index is 2.98. The molecule has 1 rings (SSSR count). The number of aromatic hydroxyl groups is 1. The Hall–Kier alpha value is -0.800. The normalized spacial score (nSPS) is 12.6. The van der Waals surface area contributed by atoms with Gasteiger partial charge in [0.25, 0.3) is 0 Å². The van der Waals surface area contributed by atoms with Gasteiger partial charge in [-0.2, -0.15) is 0 Å². The lowest BCUT2D eigenvalue weighted by atomic mass is 10.1. The molecule has 1 amide bonds. The zero-order chi connectivity index (χ0) is 17.9. The van der Waals surface area contributed by atoms with Crippen LogP contribution in [-0.4, -0.2) is 33.9 Å². The van der Waals surface area contributed by atoms with E-state index in [4.69, 9.17) is 4.74 Å². The number of carbonyl (C=O) groups is 2. The number of carbonyl (C=O) groups excluding carboxylic acids is 1. The Kier molecular flexibility index (Phi) is 6.91. The average Bonchev–Trinajstić information content (AvgIpc) is 2.39. The second-order valence-electron chi connectivity index (χ2n) is 5.74. The van der Waals surface area contributed by atoms with Crippen LogP contribution in [0.2, 0.25) is 0 Å². The summed E-state index contributed by atoms with van der Waals surface area (Å²) in [4.78, 5) is 23.1. The minimum atomic E-state index is -1.24. The predicted octanol–water partition coefficient (Wildman–Crippen LogP) is 4.20. The predicted molar refractivity (Wildman–Crippen MR) is 95.7 cm³/mol. The molecule has 1 aromatic carbocycles. The first-order chi connectivity index (χ1) is 10.4. The molecule has 0 saturated heterocycles. The maximum absolute atomic E-state index is 11.8. The molecule has 0 heterocycles. The molecule has 0 aromatic heterocycles. The Labute approximate surface area is 159 Å². The van der Waals surface area contributed by atoms with Crippen LogP contribution in [0.1, 0.15) is 26.3 Å². The molecule has 0 aliphatic rings. The van der Waals surface area contributed by atoms with E-state index in [-0.39, 0.29) is 12.2 Å². The highest BCUT2D eigenvalue weighted by Crippen LogP contribution is 2.40. The number of phenols is 1. The number of nitrogens with one attached hydrogen (secondary N) is 1. The molecular formula is C14H16Br3NO5. The van der Waals surface area contributed by atoms with E-state index in [0.717, 1.165) is 0 Å². The van der Waals surface area contributed by atoms with Crippen molar-refractivity contribution in [2.75, 3.05) is 0 Å². The minimum absolute atomic E-state index is 0.0997. The highest BCUT2D eigenvalue weighted by Gasteiger charge is 2.26. The molecular weight excluding hydrogens is 502 g/mol. The first kappa shape index (κ1) is 20.2. The number of benzene rings is 1. The highest BCUT2D eigenvalue weighted by atomic mass is 79.9. The summed E-state index contributed by atoms with van der Waals surface area (Å²) in [6.07, 6.45) is -0.940. The number of amides is 1. The van der Waals surface area contributed by atoms with Crippen LogP contribution in [0.3, 0.4) is 0 Å². The van der Waals surface area contributed by atoms with Crippen LogP contribution in [-0.2, 0) is 16.0 Å². The van der Waals surface area contributed by atoms with Crippen molar-refractivity contribution >= 4 is 59.9 Å².